The van der Waals surface area contributed by atoms with Crippen LogP contribution in [0.25, 0.3) is 0 Å². The number of benzene rings is 1. The van der Waals surface area contributed by atoms with Gasteiger partial charge >= 0.3 is 5.97 Å². The van der Waals surface area contributed by atoms with Crippen molar-refractivity contribution in [1.82, 2.24) is 0 Å². The van der Waals surface area contributed by atoms with Crippen molar-refractivity contribution < 1.29 is 14.3 Å². The van der Waals surface area contributed by atoms with Gasteiger partial charge in [-0.2, -0.15) is 0 Å². The van der Waals surface area contributed by atoms with Crippen LogP contribution in [0.4, 0.5) is 4.39 Å². The van der Waals surface area contributed by atoms with Gasteiger partial charge in [-0.3, -0.25) is 4.79 Å². The highest BCUT2D eigenvalue weighted by Gasteiger charge is 2.08. The smallest absolute Gasteiger partial charge is 0.307 e. The summed E-state index contributed by atoms with van der Waals surface area (Å²) in [6, 6.07) is 2.63. The number of hydrogen-bond acceptors (Lipinski definition) is 2. The van der Waals surface area contributed by atoms with Crippen LogP contribution in [0.2, 0.25) is 5.02 Å². The molecule has 0 aliphatic carbocycles. The van der Waals surface area contributed by atoms with Crippen LogP contribution < -0.4 is 0 Å². The maximum absolute atomic E-state index is 12.9. The number of halogens is 2. The fourth-order valence-corrected chi connectivity index (χ4v) is 1.50. The highest BCUT2D eigenvalue weighted by atomic mass is 35.5. The Bertz CT molecular complexity index is 331. The van der Waals surface area contributed by atoms with Crippen molar-refractivity contribution in [2.45, 2.75) is 11.3 Å². The van der Waals surface area contributed by atoms with E-state index in [0.717, 1.165) is 0 Å². The van der Waals surface area contributed by atoms with E-state index in [1.165, 1.54) is 12.1 Å². The molecule has 13 heavy (non-hydrogen) atoms. The molecule has 0 amide bonds. The Labute approximate surface area is 84.7 Å². The van der Waals surface area contributed by atoms with Gasteiger partial charge in [-0.15, -0.1) is 12.6 Å². The molecule has 1 aromatic rings. The number of aliphatic carboxylic acids is 1. The summed E-state index contributed by atoms with van der Waals surface area (Å²) >= 11 is 9.29. The van der Waals surface area contributed by atoms with Crippen LogP contribution >= 0.6 is 24.2 Å². The Balaban J connectivity index is 3.06. The van der Waals surface area contributed by atoms with Crippen LogP contribution in [0.3, 0.4) is 0 Å². The van der Waals surface area contributed by atoms with Gasteiger partial charge in [-0.05, 0) is 17.7 Å². The monoisotopic (exact) mass is 220 g/mol. The van der Waals surface area contributed by atoms with Gasteiger partial charge in [-0.25, -0.2) is 4.39 Å². The summed E-state index contributed by atoms with van der Waals surface area (Å²) in [4.78, 5) is 10.4. The SMILES string of the molecule is O=C(O)Cc1cc(S)c(F)c(Cl)c1. The van der Waals surface area contributed by atoms with Crippen molar-refractivity contribution in [3.05, 3.63) is 28.5 Å². The standard InChI is InChI=1S/C8H6ClFO2S/c9-5-1-4(3-7(11)12)2-6(13)8(5)10/h1-2,13H,3H2,(H,11,12). The fraction of sp³-hybridized carbons (Fsp3) is 0.125. The van der Waals surface area contributed by atoms with Crippen molar-refractivity contribution in [3.63, 3.8) is 0 Å². The summed E-state index contributed by atoms with van der Waals surface area (Å²) in [5.41, 5.74) is 0.434. The summed E-state index contributed by atoms with van der Waals surface area (Å²) < 4.78 is 12.9. The zero-order valence-corrected chi connectivity index (χ0v) is 8.07. The van der Waals surface area contributed by atoms with Crippen molar-refractivity contribution in [2.24, 2.45) is 0 Å². The van der Waals surface area contributed by atoms with Gasteiger partial charge in [0.25, 0.3) is 0 Å². The molecule has 0 aliphatic rings. The van der Waals surface area contributed by atoms with E-state index in [0.29, 0.717) is 5.56 Å². The second-order valence-electron chi connectivity index (χ2n) is 2.48. The molecule has 0 bridgehead atoms. The average Bonchev–Trinajstić information content (AvgIpc) is 1.98. The van der Waals surface area contributed by atoms with Gasteiger partial charge in [0.05, 0.1) is 11.4 Å². The molecule has 2 nitrogen and oxygen atoms in total. The Kier molecular flexibility index (Phi) is 3.17. The largest absolute Gasteiger partial charge is 0.481 e. The van der Waals surface area contributed by atoms with Crippen LogP contribution in [-0.4, -0.2) is 11.1 Å². The van der Waals surface area contributed by atoms with E-state index in [4.69, 9.17) is 16.7 Å². The highest BCUT2D eigenvalue weighted by molar-refractivity contribution is 7.80. The first-order chi connectivity index (χ1) is 6.00. The molecule has 0 heterocycles. The third-order valence-corrected chi connectivity index (χ3v) is 2.02. The summed E-state index contributed by atoms with van der Waals surface area (Å²) in [5, 5.41) is 8.35. The summed E-state index contributed by atoms with van der Waals surface area (Å²) in [6.07, 6.45) is -0.187. The van der Waals surface area contributed by atoms with Gasteiger partial charge in [-0.1, -0.05) is 11.6 Å². The van der Waals surface area contributed by atoms with Crippen LogP contribution in [-0.2, 0) is 11.2 Å². The minimum Gasteiger partial charge on any atom is -0.481 e. The number of carbonyl (C=O) groups is 1. The lowest BCUT2D eigenvalue weighted by Gasteiger charge is -2.02. The molecule has 0 spiro atoms. The third kappa shape index (κ3) is 2.60. The molecular formula is C8H6ClFO2S. The van der Waals surface area contributed by atoms with Crippen molar-refractivity contribution in [2.75, 3.05) is 0 Å². The number of carboxylic acids is 1. The quantitative estimate of drug-likeness (QED) is 0.751. The maximum Gasteiger partial charge on any atom is 0.307 e. The summed E-state index contributed by atoms with van der Waals surface area (Å²) in [6.45, 7) is 0. The van der Waals surface area contributed by atoms with Gasteiger partial charge in [0.15, 0.2) is 5.82 Å². The average molecular weight is 221 g/mol. The zero-order valence-electron chi connectivity index (χ0n) is 6.42. The van der Waals surface area contributed by atoms with E-state index in [9.17, 15) is 9.18 Å². The Hall–Kier alpha value is -0.740. The first-order valence-corrected chi connectivity index (χ1v) is 4.22. The molecule has 0 saturated carbocycles. The number of rotatable bonds is 2. The Morgan fingerprint density at radius 1 is 1.62 bits per heavy atom. The second kappa shape index (κ2) is 3.98. The van der Waals surface area contributed by atoms with Crippen molar-refractivity contribution in [3.8, 4) is 0 Å². The number of carboxylic acid groups (broad SMARTS) is 1. The number of thiol groups is 1. The Morgan fingerprint density at radius 3 is 2.69 bits per heavy atom. The van der Waals surface area contributed by atoms with E-state index in [2.05, 4.69) is 12.6 Å². The molecule has 5 heteroatoms. The lowest BCUT2D eigenvalue weighted by atomic mass is 10.1. The molecule has 1 N–H and O–H groups in total. The molecule has 70 valence electrons. The summed E-state index contributed by atoms with van der Waals surface area (Å²) in [5.74, 6) is -1.62. The Morgan fingerprint density at radius 2 is 2.23 bits per heavy atom. The van der Waals surface area contributed by atoms with Gasteiger partial charge in [0.2, 0.25) is 0 Å². The molecule has 0 saturated heterocycles. The topological polar surface area (TPSA) is 37.3 Å². The van der Waals surface area contributed by atoms with Crippen LogP contribution in [0.1, 0.15) is 5.56 Å². The first-order valence-electron chi connectivity index (χ1n) is 3.39. The minimum absolute atomic E-state index is 0.0590. The van der Waals surface area contributed by atoms with Crippen molar-refractivity contribution in [1.29, 1.82) is 0 Å². The molecule has 1 rings (SSSR count). The lowest BCUT2D eigenvalue weighted by molar-refractivity contribution is -0.136. The minimum atomic E-state index is -0.990. The van der Waals surface area contributed by atoms with Crippen LogP contribution in [0.5, 0.6) is 0 Å². The zero-order chi connectivity index (χ0) is 10.0. The van der Waals surface area contributed by atoms with E-state index in [-0.39, 0.29) is 16.3 Å². The van der Waals surface area contributed by atoms with Gasteiger partial charge in [0.1, 0.15) is 0 Å². The fourth-order valence-electron chi connectivity index (χ4n) is 0.906. The van der Waals surface area contributed by atoms with Crippen LogP contribution in [0.15, 0.2) is 17.0 Å². The molecule has 0 fully saturated rings. The lowest BCUT2D eigenvalue weighted by Crippen LogP contribution is -2.00. The molecule has 0 aromatic heterocycles. The molecule has 0 atom stereocenters. The van der Waals surface area contributed by atoms with Crippen LogP contribution in [0, 0.1) is 5.82 Å². The van der Waals surface area contributed by atoms with E-state index in [1.54, 1.807) is 0 Å². The van der Waals surface area contributed by atoms with Gasteiger partial charge in [0, 0.05) is 4.90 Å². The normalized spacial score (nSPS) is 10.1. The second-order valence-corrected chi connectivity index (χ2v) is 3.37. The van der Waals surface area contributed by atoms with Gasteiger partial charge < -0.3 is 5.11 Å². The predicted octanol–water partition coefficient (Wildman–Crippen LogP) is 2.39. The maximum atomic E-state index is 12.9. The van der Waals surface area contributed by atoms with E-state index in [1.807, 2.05) is 0 Å². The molecule has 0 aliphatic heterocycles. The number of hydrogen-bond donors (Lipinski definition) is 2. The van der Waals surface area contributed by atoms with E-state index < -0.39 is 11.8 Å². The summed E-state index contributed by atoms with van der Waals surface area (Å²) in [7, 11) is 0. The molecule has 1 aromatic carbocycles. The highest BCUT2D eigenvalue weighted by Crippen LogP contribution is 2.23. The van der Waals surface area contributed by atoms with E-state index >= 15 is 0 Å². The van der Waals surface area contributed by atoms with Crippen molar-refractivity contribution >= 4 is 30.2 Å². The first kappa shape index (κ1) is 10.3. The predicted molar refractivity (Wildman–Crippen MR) is 50.0 cm³/mol. The molecule has 0 unspecified atom stereocenters. The molecular weight excluding hydrogens is 215 g/mol. The molecule has 0 radical (unpaired) electrons. The third-order valence-electron chi connectivity index (χ3n) is 1.42.